The Morgan fingerprint density at radius 3 is 2.42 bits per heavy atom. The molecule has 1 fully saturated rings. The van der Waals surface area contributed by atoms with Crippen LogP contribution in [0.25, 0.3) is 11.0 Å². The van der Waals surface area contributed by atoms with Crippen molar-refractivity contribution < 1.29 is 4.79 Å². The van der Waals surface area contributed by atoms with Crippen LogP contribution >= 0.6 is 11.3 Å². The Morgan fingerprint density at radius 2 is 1.73 bits per heavy atom. The van der Waals surface area contributed by atoms with E-state index in [1.54, 1.807) is 0 Å². The number of aromatic nitrogens is 2. The lowest BCUT2D eigenvalue weighted by Gasteiger charge is -2.34. The van der Waals surface area contributed by atoms with Crippen molar-refractivity contribution in [2.45, 2.75) is 26.6 Å². The molecule has 0 saturated carbocycles. The Bertz CT molecular complexity index is 1210. The molecule has 2 aromatic heterocycles. The van der Waals surface area contributed by atoms with Gasteiger partial charge in [0, 0.05) is 45.0 Å². The first kappa shape index (κ1) is 21.8. The van der Waals surface area contributed by atoms with Crippen molar-refractivity contribution in [1.29, 1.82) is 0 Å². The van der Waals surface area contributed by atoms with Crippen molar-refractivity contribution in [2.75, 3.05) is 31.5 Å². The minimum atomic E-state index is -0.0760. The number of amides is 1. The molecule has 3 heterocycles. The van der Waals surface area contributed by atoms with E-state index in [9.17, 15) is 4.79 Å². The molecule has 1 N–H and O–H groups in total. The quantitative estimate of drug-likeness (QED) is 0.436. The second-order valence-electron chi connectivity index (χ2n) is 8.45. The van der Waals surface area contributed by atoms with E-state index in [0.717, 1.165) is 68.4 Å². The van der Waals surface area contributed by atoms with Crippen molar-refractivity contribution in [3.8, 4) is 0 Å². The van der Waals surface area contributed by atoms with Crippen molar-refractivity contribution in [3.63, 3.8) is 0 Å². The van der Waals surface area contributed by atoms with Crippen LogP contribution in [-0.2, 0) is 19.6 Å². The first-order valence-corrected chi connectivity index (χ1v) is 12.4. The number of hydrogen-bond donors (Lipinski definition) is 1. The molecule has 170 valence electrons. The number of rotatable bonds is 7. The number of fused-ring (bicyclic) bond motifs is 1. The predicted octanol–water partition coefficient (Wildman–Crippen LogP) is 4.69. The van der Waals surface area contributed by atoms with E-state index in [2.05, 4.69) is 63.0 Å². The van der Waals surface area contributed by atoms with Gasteiger partial charge in [0.1, 0.15) is 5.82 Å². The zero-order valence-corrected chi connectivity index (χ0v) is 19.7. The third-order valence-corrected chi connectivity index (χ3v) is 7.09. The van der Waals surface area contributed by atoms with Gasteiger partial charge >= 0.3 is 0 Å². The Hall–Kier alpha value is -3.00. The number of carbonyl (C=O) groups is 1. The van der Waals surface area contributed by atoms with Crippen LogP contribution in [0.2, 0.25) is 0 Å². The van der Waals surface area contributed by atoms with Crippen LogP contribution < -0.4 is 5.32 Å². The number of piperazine rings is 1. The van der Waals surface area contributed by atoms with Crippen molar-refractivity contribution in [1.82, 2.24) is 19.4 Å². The number of hydrogen-bond acceptors (Lipinski definition) is 5. The zero-order valence-electron chi connectivity index (χ0n) is 18.9. The van der Waals surface area contributed by atoms with Gasteiger partial charge in [-0.25, -0.2) is 4.98 Å². The van der Waals surface area contributed by atoms with E-state index in [0.29, 0.717) is 4.88 Å². The molecule has 4 aromatic rings. The molecule has 1 aliphatic heterocycles. The number of carbonyl (C=O) groups excluding carboxylic acids is 1. The third kappa shape index (κ3) is 5.00. The van der Waals surface area contributed by atoms with Gasteiger partial charge in [0.15, 0.2) is 0 Å². The molecule has 0 radical (unpaired) electrons. The number of nitrogens with one attached hydrogen (secondary N) is 1. The number of aryl methyl sites for hydroxylation is 1. The monoisotopic (exact) mass is 459 g/mol. The molecule has 5 rings (SSSR count). The minimum absolute atomic E-state index is 0.0760. The van der Waals surface area contributed by atoms with Gasteiger partial charge in [0.05, 0.1) is 22.5 Å². The summed E-state index contributed by atoms with van der Waals surface area (Å²) in [4.78, 5) is 23.1. The maximum Gasteiger partial charge on any atom is 0.265 e. The highest BCUT2D eigenvalue weighted by atomic mass is 32.1. The molecule has 0 atom stereocenters. The number of thiophene rings is 1. The van der Waals surface area contributed by atoms with Gasteiger partial charge in [-0.1, -0.05) is 36.4 Å². The highest BCUT2D eigenvalue weighted by Gasteiger charge is 2.20. The fourth-order valence-electron chi connectivity index (χ4n) is 4.48. The van der Waals surface area contributed by atoms with Crippen molar-refractivity contribution in [2.24, 2.45) is 0 Å². The Balaban J connectivity index is 1.25. The largest absolute Gasteiger partial charge is 0.327 e. The van der Waals surface area contributed by atoms with Crippen LogP contribution in [0.3, 0.4) is 0 Å². The first-order chi connectivity index (χ1) is 16.2. The van der Waals surface area contributed by atoms with Gasteiger partial charge in [-0.3, -0.25) is 14.6 Å². The summed E-state index contributed by atoms with van der Waals surface area (Å²) in [6, 6.07) is 20.4. The molecule has 33 heavy (non-hydrogen) atoms. The minimum Gasteiger partial charge on any atom is -0.327 e. The molecule has 0 aliphatic carbocycles. The molecule has 6 nitrogen and oxygen atoms in total. The number of benzene rings is 2. The van der Waals surface area contributed by atoms with Crippen LogP contribution in [0.5, 0.6) is 0 Å². The second kappa shape index (κ2) is 9.87. The molecule has 1 saturated heterocycles. The normalized spacial score (nSPS) is 15.2. The van der Waals surface area contributed by atoms with Gasteiger partial charge in [0.2, 0.25) is 0 Å². The fraction of sp³-hybridized carbons (Fsp3) is 0.308. The number of imidazole rings is 1. The molecular weight excluding hydrogens is 430 g/mol. The van der Waals surface area contributed by atoms with Crippen LogP contribution in [0.4, 0.5) is 5.69 Å². The molecule has 1 amide bonds. The van der Waals surface area contributed by atoms with Crippen LogP contribution in [0, 0.1) is 0 Å². The van der Waals surface area contributed by atoms with Gasteiger partial charge < -0.3 is 9.88 Å². The molecule has 1 aliphatic rings. The molecule has 0 unspecified atom stereocenters. The lowest BCUT2D eigenvalue weighted by molar-refractivity contribution is 0.103. The van der Waals surface area contributed by atoms with Gasteiger partial charge in [-0.15, -0.1) is 11.3 Å². The summed E-state index contributed by atoms with van der Waals surface area (Å²) in [5.74, 6) is 1.01. The molecule has 0 bridgehead atoms. The highest BCUT2D eigenvalue weighted by molar-refractivity contribution is 7.12. The second-order valence-corrected chi connectivity index (χ2v) is 9.39. The average Bonchev–Trinajstić information content (AvgIpc) is 3.49. The summed E-state index contributed by atoms with van der Waals surface area (Å²) in [6.45, 7) is 9.13. The zero-order chi connectivity index (χ0) is 22.6. The fourth-order valence-corrected chi connectivity index (χ4v) is 5.10. The van der Waals surface area contributed by atoms with Crippen LogP contribution in [-0.4, -0.2) is 51.4 Å². The molecule has 2 aromatic carbocycles. The Labute approximate surface area is 198 Å². The van der Waals surface area contributed by atoms with E-state index in [4.69, 9.17) is 4.98 Å². The summed E-state index contributed by atoms with van der Waals surface area (Å²) < 4.78 is 2.29. The highest BCUT2D eigenvalue weighted by Crippen LogP contribution is 2.23. The SMILES string of the molecule is CCn1c(CN2CCN(Cc3ccccc3)CC2)nc2cc(NC(=O)c3cccs3)ccc21. The topological polar surface area (TPSA) is 53.4 Å². The first-order valence-electron chi connectivity index (χ1n) is 11.5. The van der Waals surface area contributed by atoms with E-state index in [1.807, 2.05) is 29.6 Å². The predicted molar refractivity (Wildman–Crippen MR) is 135 cm³/mol. The Morgan fingerprint density at radius 1 is 0.970 bits per heavy atom. The summed E-state index contributed by atoms with van der Waals surface area (Å²) in [5, 5.41) is 4.91. The maximum atomic E-state index is 12.4. The number of anilines is 1. The van der Waals surface area contributed by atoms with E-state index in [1.165, 1.54) is 16.9 Å². The standard InChI is InChI=1S/C26H29N5OS/c1-2-31-23-11-10-21(27-26(32)24-9-6-16-33-24)17-22(23)28-25(31)19-30-14-12-29(13-15-30)18-20-7-4-3-5-8-20/h3-11,16-17H,2,12-15,18-19H2,1H3,(H,27,32). The van der Waals surface area contributed by atoms with E-state index in [-0.39, 0.29) is 5.91 Å². The lowest BCUT2D eigenvalue weighted by Crippen LogP contribution is -2.45. The summed E-state index contributed by atoms with van der Waals surface area (Å²) in [5.41, 5.74) is 4.20. The van der Waals surface area contributed by atoms with Gasteiger partial charge in [-0.2, -0.15) is 0 Å². The number of nitrogens with zero attached hydrogens (tertiary/aromatic N) is 4. The van der Waals surface area contributed by atoms with E-state index < -0.39 is 0 Å². The van der Waals surface area contributed by atoms with Crippen LogP contribution in [0.1, 0.15) is 28.0 Å². The molecule has 7 heteroatoms. The molecule has 0 spiro atoms. The van der Waals surface area contributed by atoms with Crippen molar-refractivity contribution in [3.05, 3.63) is 82.3 Å². The van der Waals surface area contributed by atoms with Crippen LogP contribution in [0.15, 0.2) is 66.0 Å². The smallest absolute Gasteiger partial charge is 0.265 e. The maximum absolute atomic E-state index is 12.4. The van der Waals surface area contributed by atoms with E-state index >= 15 is 0 Å². The molecular formula is C26H29N5OS. The Kier molecular flexibility index (Phi) is 6.53. The third-order valence-electron chi connectivity index (χ3n) is 6.23. The summed E-state index contributed by atoms with van der Waals surface area (Å²) in [6.07, 6.45) is 0. The summed E-state index contributed by atoms with van der Waals surface area (Å²) in [7, 11) is 0. The summed E-state index contributed by atoms with van der Waals surface area (Å²) >= 11 is 1.44. The lowest BCUT2D eigenvalue weighted by atomic mass is 10.2. The average molecular weight is 460 g/mol. The van der Waals surface area contributed by atoms with Gasteiger partial charge in [-0.05, 0) is 42.1 Å². The van der Waals surface area contributed by atoms with Gasteiger partial charge in [0.25, 0.3) is 5.91 Å². The van der Waals surface area contributed by atoms with Crippen molar-refractivity contribution >= 4 is 34.0 Å².